The van der Waals surface area contributed by atoms with Crippen molar-refractivity contribution < 1.29 is 23.9 Å². The summed E-state index contributed by atoms with van der Waals surface area (Å²) in [4.78, 5) is 36.7. The Kier molecular flexibility index (Phi) is 8.21. The van der Waals surface area contributed by atoms with Gasteiger partial charge in [0.1, 0.15) is 17.8 Å². The molecule has 29 heavy (non-hydrogen) atoms. The van der Waals surface area contributed by atoms with Crippen molar-refractivity contribution in [2.75, 3.05) is 14.2 Å². The van der Waals surface area contributed by atoms with Gasteiger partial charge in [-0.15, -0.1) is 0 Å². The first kappa shape index (κ1) is 21.9. The van der Waals surface area contributed by atoms with Gasteiger partial charge in [0.15, 0.2) is 0 Å². The molecule has 0 spiro atoms. The van der Waals surface area contributed by atoms with E-state index >= 15 is 0 Å². The van der Waals surface area contributed by atoms with E-state index in [4.69, 9.17) is 9.47 Å². The summed E-state index contributed by atoms with van der Waals surface area (Å²) >= 11 is 0. The van der Waals surface area contributed by atoms with E-state index in [2.05, 4.69) is 10.6 Å². The van der Waals surface area contributed by atoms with Gasteiger partial charge in [0, 0.05) is 19.8 Å². The van der Waals surface area contributed by atoms with Crippen molar-refractivity contribution in [3.05, 3.63) is 65.7 Å². The smallest absolute Gasteiger partial charge is 0.328 e. The fraction of sp³-hybridized carbons (Fsp3) is 0.318. The molecule has 0 radical (unpaired) electrons. The highest BCUT2D eigenvalue weighted by molar-refractivity contribution is 5.90. The molecule has 154 valence electrons. The van der Waals surface area contributed by atoms with E-state index in [0.717, 1.165) is 11.1 Å². The number of hydrogen-bond acceptors (Lipinski definition) is 5. The number of benzene rings is 2. The van der Waals surface area contributed by atoms with Gasteiger partial charge in [0.05, 0.1) is 14.2 Å². The second-order valence-electron chi connectivity index (χ2n) is 6.58. The summed E-state index contributed by atoms with van der Waals surface area (Å²) in [5, 5.41) is 5.36. The van der Waals surface area contributed by atoms with Gasteiger partial charge in [-0.05, 0) is 23.3 Å². The predicted molar refractivity (Wildman–Crippen MR) is 108 cm³/mol. The van der Waals surface area contributed by atoms with Crippen molar-refractivity contribution in [3.63, 3.8) is 0 Å². The Hall–Kier alpha value is -3.35. The molecule has 2 rings (SSSR count). The Bertz CT molecular complexity index is 838. The van der Waals surface area contributed by atoms with Crippen LogP contribution in [0.25, 0.3) is 0 Å². The molecular weight excluding hydrogens is 372 g/mol. The van der Waals surface area contributed by atoms with Gasteiger partial charge < -0.3 is 20.1 Å². The monoisotopic (exact) mass is 398 g/mol. The Balaban J connectivity index is 2.16. The topological polar surface area (TPSA) is 93.7 Å². The van der Waals surface area contributed by atoms with Gasteiger partial charge in [-0.3, -0.25) is 9.59 Å². The van der Waals surface area contributed by atoms with Crippen LogP contribution >= 0.6 is 0 Å². The van der Waals surface area contributed by atoms with Crippen LogP contribution in [0, 0.1) is 0 Å². The SMILES string of the molecule is COC(=O)[C@H](Cc1cccc(OC)c1)NC(=O)[C@H](Cc1ccccc1)NC(C)=O. The molecule has 0 heterocycles. The third-order valence-electron chi connectivity index (χ3n) is 4.35. The van der Waals surface area contributed by atoms with E-state index in [0.29, 0.717) is 12.2 Å². The molecule has 0 bridgehead atoms. The molecule has 0 unspecified atom stereocenters. The minimum Gasteiger partial charge on any atom is -0.497 e. The number of rotatable bonds is 9. The summed E-state index contributed by atoms with van der Waals surface area (Å²) in [6.07, 6.45) is 0.535. The van der Waals surface area contributed by atoms with E-state index in [1.165, 1.54) is 14.0 Å². The molecule has 2 aromatic carbocycles. The predicted octanol–water partition coefficient (Wildman–Crippen LogP) is 1.64. The number of amides is 2. The molecular formula is C22H26N2O5. The molecule has 2 N–H and O–H groups in total. The van der Waals surface area contributed by atoms with Gasteiger partial charge in [-0.1, -0.05) is 42.5 Å². The van der Waals surface area contributed by atoms with Crippen LogP contribution in [0.1, 0.15) is 18.1 Å². The van der Waals surface area contributed by atoms with Crippen molar-refractivity contribution in [2.24, 2.45) is 0 Å². The van der Waals surface area contributed by atoms with Crippen LogP contribution in [-0.4, -0.2) is 44.1 Å². The summed E-state index contributed by atoms with van der Waals surface area (Å²) in [7, 11) is 2.82. The van der Waals surface area contributed by atoms with E-state index < -0.39 is 24.0 Å². The minimum absolute atomic E-state index is 0.230. The third kappa shape index (κ3) is 6.95. The second kappa shape index (κ2) is 10.8. The van der Waals surface area contributed by atoms with Crippen LogP contribution in [0.3, 0.4) is 0 Å². The van der Waals surface area contributed by atoms with Crippen LogP contribution < -0.4 is 15.4 Å². The van der Waals surface area contributed by atoms with Crippen molar-refractivity contribution in [1.29, 1.82) is 0 Å². The molecule has 2 aromatic rings. The molecule has 2 atom stereocenters. The summed E-state index contributed by atoms with van der Waals surface area (Å²) in [6.45, 7) is 1.35. The third-order valence-corrected chi connectivity index (χ3v) is 4.35. The highest BCUT2D eigenvalue weighted by Crippen LogP contribution is 2.15. The minimum atomic E-state index is -0.897. The van der Waals surface area contributed by atoms with Crippen molar-refractivity contribution in [1.82, 2.24) is 10.6 Å². The van der Waals surface area contributed by atoms with Gasteiger partial charge in [0.25, 0.3) is 0 Å². The number of hydrogen-bond donors (Lipinski definition) is 2. The molecule has 0 aliphatic heterocycles. The van der Waals surface area contributed by atoms with E-state index in [9.17, 15) is 14.4 Å². The van der Waals surface area contributed by atoms with Gasteiger partial charge in [-0.25, -0.2) is 4.79 Å². The molecule has 0 aliphatic carbocycles. The molecule has 2 amide bonds. The van der Waals surface area contributed by atoms with Crippen LogP contribution in [0.4, 0.5) is 0 Å². The van der Waals surface area contributed by atoms with Gasteiger partial charge in [-0.2, -0.15) is 0 Å². The number of carbonyl (C=O) groups is 3. The quantitative estimate of drug-likeness (QED) is 0.627. The fourth-order valence-electron chi connectivity index (χ4n) is 2.95. The normalized spacial score (nSPS) is 12.4. The molecule has 0 aliphatic rings. The first-order valence-electron chi connectivity index (χ1n) is 9.25. The lowest BCUT2D eigenvalue weighted by atomic mass is 10.0. The summed E-state index contributed by atoms with van der Waals surface area (Å²) in [6, 6.07) is 14.8. The average Bonchev–Trinajstić information content (AvgIpc) is 2.72. The molecule has 0 saturated heterocycles. The largest absolute Gasteiger partial charge is 0.497 e. The molecule has 0 aromatic heterocycles. The number of nitrogens with one attached hydrogen (secondary N) is 2. The van der Waals surface area contributed by atoms with E-state index in [-0.39, 0.29) is 12.3 Å². The van der Waals surface area contributed by atoms with Crippen molar-refractivity contribution >= 4 is 17.8 Å². The van der Waals surface area contributed by atoms with Crippen LogP contribution in [0.5, 0.6) is 5.75 Å². The Morgan fingerprint density at radius 1 is 0.862 bits per heavy atom. The molecule has 0 saturated carbocycles. The van der Waals surface area contributed by atoms with Gasteiger partial charge >= 0.3 is 5.97 Å². The zero-order valence-corrected chi connectivity index (χ0v) is 16.8. The number of esters is 1. The molecule has 7 nitrogen and oxygen atoms in total. The highest BCUT2D eigenvalue weighted by atomic mass is 16.5. The zero-order valence-electron chi connectivity index (χ0n) is 16.8. The standard InChI is InChI=1S/C22H26N2O5/c1-15(25)23-19(13-16-8-5-4-6-9-16)21(26)24-20(22(27)29-3)14-17-10-7-11-18(12-17)28-2/h4-12,19-20H,13-14H2,1-3H3,(H,23,25)(H,24,26)/t19-,20-/m0/s1. The number of methoxy groups -OCH3 is 2. The molecule has 7 heteroatoms. The van der Waals surface area contributed by atoms with Crippen molar-refractivity contribution in [3.8, 4) is 5.75 Å². The van der Waals surface area contributed by atoms with Crippen LogP contribution in [0.2, 0.25) is 0 Å². The maximum Gasteiger partial charge on any atom is 0.328 e. The maximum atomic E-state index is 12.9. The Morgan fingerprint density at radius 3 is 2.14 bits per heavy atom. The summed E-state index contributed by atoms with van der Waals surface area (Å²) in [5.41, 5.74) is 1.70. The maximum absolute atomic E-state index is 12.9. The lowest BCUT2D eigenvalue weighted by Crippen LogP contribution is -2.53. The van der Waals surface area contributed by atoms with Crippen LogP contribution in [-0.2, 0) is 32.0 Å². The van der Waals surface area contributed by atoms with Gasteiger partial charge in [0.2, 0.25) is 11.8 Å². The average molecular weight is 398 g/mol. The lowest BCUT2D eigenvalue weighted by molar-refractivity contribution is -0.145. The Morgan fingerprint density at radius 2 is 1.52 bits per heavy atom. The fourth-order valence-corrected chi connectivity index (χ4v) is 2.95. The summed E-state index contributed by atoms with van der Waals surface area (Å²) in [5.74, 6) is -0.703. The summed E-state index contributed by atoms with van der Waals surface area (Å²) < 4.78 is 10.1. The zero-order chi connectivity index (χ0) is 21.2. The van der Waals surface area contributed by atoms with Crippen molar-refractivity contribution in [2.45, 2.75) is 31.8 Å². The first-order chi connectivity index (χ1) is 13.9. The first-order valence-corrected chi connectivity index (χ1v) is 9.25. The van der Waals surface area contributed by atoms with Crippen LogP contribution in [0.15, 0.2) is 54.6 Å². The lowest BCUT2D eigenvalue weighted by Gasteiger charge is -2.22. The number of ether oxygens (including phenoxy) is 2. The number of carbonyl (C=O) groups excluding carboxylic acids is 3. The second-order valence-corrected chi connectivity index (χ2v) is 6.58. The van der Waals surface area contributed by atoms with E-state index in [1.807, 2.05) is 36.4 Å². The Labute approximate surface area is 170 Å². The molecule has 0 fully saturated rings. The highest BCUT2D eigenvalue weighted by Gasteiger charge is 2.27. The van der Waals surface area contributed by atoms with E-state index in [1.54, 1.807) is 25.3 Å².